The minimum Gasteiger partial charge on any atom is -0.454 e. The summed E-state index contributed by atoms with van der Waals surface area (Å²) < 4.78 is 5.20. The highest BCUT2D eigenvalue weighted by molar-refractivity contribution is 6.00. The predicted octanol–water partition coefficient (Wildman–Crippen LogP) is 2.65. The van der Waals surface area contributed by atoms with Gasteiger partial charge in [-0.25, -0.2) is 4.79 Å². The molecule has 0 saturated heterocycles. The molecule has 1 rings (SSSR count). The number of hydrogen-bond acceptors (Lipinski definition) is 4. The first kappa shape index (κ1) is 19.7. The molecule has 0 unspecified atom stereocenters. The Morgan fingerprint density at radius 3 is 2.46 bits per heavy atom. The van der Waals surface area contributed by atoms with E-state index in [2.05, 4.69) is 5.32 Å². The molecule has 0 radical (unpaired) electrons. The van der Waals surface area contributed by atoms with Gasteiger partial charge in [0.05, 0.1) is 0 Å². The molecule has 3 N–H and O–H groups in total. The molecule has 2 amide bonds. The Bertz CT molecular complexity index is 599. The molecule has 1 aromatic rings. The van der Waals surface area contributed by atoms with Gasteiger partial charge in [-0.15, -0.1) is 0 Å². The first-order chi connectivity index (χ1) is 11.3. The van der Waals surface area contributed by atoms with Gasteiger partial charge >= 0.3 is 12.0 Å². The molecule has 0 saturated carbocycles. The van der Waals surface area contributed by atoms with Crippen LogP contribution in [0.4, 0.5) is 4.79 Å². The fourth-order valence-electron chi connectivity index (χ4n) is 2.22. The number of aryl methyl sites for hydroxylation is 2. The van der Waals surface area contributed by atoms with E-state index < -0.39 is 12.1 Å². The van der Waals surface area contributed by atoms with Crippen molar-refractivity contribution in [3.8, 4) is 0 Å². The molecule has 0 aliphatic heterocycles. The quantitative estimate of drug-likeness (QED) is 0.412. The molecule has 1 aromatic carbocycles. The van der Waals surface area contributed by atoms with Crippen molar-refractivity contribution in [3.63, 3.8) is 0 Å². The maximum Gasteiger partial charge on any atom is 0.312 e. The molecule has 24 heavy (non-hydrogen) atoms. The fourth-order valence-corrected chi connectivity index (χ4v) is 2.22. The highest BCUT2D eigenvalue weighted by atomic mass is 16.5. The number of hydrogen-bond donors (Lipinski definition) is 2. The number of primary amides is 1. The summed E-state index contributed by atoms with van der Waals surface area (Å²) in [6, 6.07) is 4.90. The van der Waals surface area contributed by atoms with E-state index in [1.165, 1.54) is 0 Å². The second-order valence-electron chi connectivity index (χ2n) is 5.90. The van der Waals surface area contributed by atoms with E-state index in [4.69, 9.17) is 10.5 Å². The van der Waals surface area contributed by atoms with E-state index >= 15 is 0 Å². The molecule has 0 heterocycles. The Balaban J connectivity index is 2.34. The van der Waals surface area contributed by atoms with Crippen LogP contribution in [0.5, 0.6) is 0 Å². The second-order valence-corrected chi connectivity index (χ2v) is 5.90. The average Bonchev–Trinajstić information content (AvgIpc) is 2.52. The molecule has 0 bridgehead atoms. The molecule has 0 aromatic heterocycles. The second kappa shape index (κ2) is 9.70. The topological polar surface area (TPSA) is 98.5 Å². The molecular formula is C18H26N2O4. The number of ether oxygens (including phenoxy) is 1. The van der Waals surface area contributed by atoms with E-state index in [-0.39, 0.29) is 18.2 Å². The zero-order valence-corrected chi connectivity index (χ0v) is 14.6. The van der Waals surface area contributed by atoms with Gasteiger partial charge in [-0.05, 0) is 50.8 Å². The van der Waals surface area contributed by atoms with Crippen molar-refractivity contribution < 1.29 is 19.1 Å². The largest absolute Gasteiger partial charge is 0.454 e. The van der Waals surface area contributed by atoms with Gasteiger partial charge in [-0.1, -0.05) is 18.6 Å². The number of carbonyl (C=O) groups is 3. The molecular weight excluding hydrogens is 308 g/mol. The van der Waals surface area contributed by atoms with Crippen LogP contribution in [-0.4, -0.2) is 30.4 Å². The minimum absolute atomic E-state index is 0.197. The van der Waals surface area contributed by atoms with Crippen LogP contribution in [-0.2, 0) is 9.53 Å². The number of carbonyl (C=O) groups excluding carboxylic acids is 3. The van der Waals surface area contributed by atoms with Gasteiger partial charge in [0, 0.05) is 18.5 Å². The van der Waals surface area contributed by atoms with E-state index in [9.17, 15) is 14.4 Å². The van der Waals surface area contributed by atoms with Crippen molar-refractivity contribution in [1.29, 1.82) is 0 Å². The summed E-state index contributed by atoms with van der Waals surface area (Å²) in [5.74, 6) is -0.584. The standard InChI is InChI=1S/C18H26N2O4/c1-12-8-9-15(11-13(12)2)17(22)14(3)24-16(21)7-5-4-6-10-20-18(19)23/h8-9,11,14H,4-7,10H2,1-3H3,(H3,19,20,23)/t14-/m0/s1. The van der Waals surface area contributed by atoms with Gasteiger partial charge in [0.2, 0.25) is 5.78 Å². The lowest BCUT2D eigenvalue weighted by molar-refractivity contribution is -0.146. The molecule has 6 nitrogen and oxygen atoms in total. The maximum absolute atomic E-state index is 12.3. The number of benzene rings is 1. The first-order valence-electron chi connectivity index (χ1n) is 8.15. The van der Waals surface area contributed by atoms with Gasteiger partial charge in [0.1, 0.15) is 0 Å². The number of esters is 1. The Morgan fingerprint density at radius 1 is 1.12 bits per heavy atom. The molecule has 0 aliphatic carbocycles. The maximum atomic E-state index is 12.3. The highest BCUT2D eigenvalue weighted by Crippen LogP contribution is 2.13. The lowest BCUT2D eigenvalue weighted by atomic mass is 10.0. The molecule has 1 atom stereocenters. The smallest absolute Gasteiger partial charge is 0.312 e. The fraction of sp³-hybridized carbons (Fsp3) is 0.500. The lowest BCUT2D eigenvalue weighted by Crippen LogP contribution is -2.30. The molecule has 132 valence electrons. The zero-order valence-electron chi connectivity index (χ0n) is 14.6. The SMILES string of the molecule is Cc1ccc(C(=O)[C@H](C)OC(=O)CCCCCNC(N)=O)cc1C. The summed E-state index contributed by atoms with van der Waals surface area (Å²) in [4.78, 5) is 34.6. The van der Waals surface area contributed by atoms with Gasteiger partial charge in [0.15, 0.2) is 6.10 Å². The summed E-state index contributed by atoms with van der Waals surface area (Å²) in [6.07, 6.45) is 1.61. The number of ketones is 1. The van der Waals surface area contributed by atoms with Crippen LogP contribution >= 0.6 is 0 Å². The molecule has 6 heteroatoms. The van der Waals surface area contributed by atoms with Crippen molar-refractivity contribution in [2.45, 2.75) is 52.6 Å². The summed E-state index contributed by atoms with van der Waals surface area (Å²) in [7, 11) is 0. The van der Waals surface area contributed by atoms with Crippen LogP contribution in [0.1, 0.15) is 54.1 Å². The Labute approximate surface area is 142 Å². The monoisotopic (exact) mass is 334 g/mol. The highest BCUT2D eigenvalue weighted by Gasteiger charge is 2.19. The number of amides is 2. The zero-order chi connectivity index (χ0) is 18.1. The van der Waals surface area contributed by atoms with Gasteiger partial charge in [-0.2, -0.15) is 0 Å². The third-order valence-electron chi connectivity index (χ3n) is 3.83. The normalized spacial score (nSPS) is 11.6. The van der Waals surface area contributed by atoms with Crippen LogP contribution in [0.2, 0.25) is 0 Å². The number of urea groups is 1. The minimum atomic E-state index is -0.795. The number of rotatable bonds is 9. The Kier molecular flexibility index (Phi) is 7.95. The number of nitrogens with two attached hydrogens (primary N) is 1. The summed E-state index contributed by atoms with van der Waals surface area (Å²) in [5, 5.41) is 2.49. The number of Topliss-reactive ketones (excluding diaryl/α,β-unsaturated/α-hetero) is 1. The molecule has 0 fully saturated rings. The predicted molar refractivity (Wildman–Crippen MR) is 91.9 cm³/mol. The van der Waals surface area contributed by atoms with Crippen molar-refractivity contribution in [2.24, 2.45) is 5.73 Å². The van der Waals surface area contributed by atoms with Gasteiger partial charge in [0.25, 0.3) is 0 Å². The van der Waals surface area contributed by atoms with Crippen molar-refractivity contribution in [1.82, 2.24) is 5.32 Å². The average molecular weight is 334 g/mol. The van der Waals surface area contributed by atoms with Gasteiger partial charge < -0.3 is 15.8 Å². The van der Waals surface area contributed by atoms with Crippen LogP contribution in [0.25, 0.3) is 0 Å². The lowest BCUT2D eigenvalue weighted by Gasteiger charge is -2.13. The van der Waals surface area contributed by atoms with Crippen molar-refractivity contribution in [3.05, 3.63) is 34.9 Å². The number of nitrogens with one attached hydrogen (secondary N) is 1. The van der Waals surface area contributed by atoms with E-state index in [1.54, 1.807) is 13.0 Å². The Morgan fingerprint density at radius 2 is 1.83 bits per heavy atom. The first-order valence-corrected chi connectivity index (χ1v) is 8.15. The van der Waals surface area contributed by atoms with Crippen molar-refractivity contribution in [2.75, 3.05) is 6.54 Å². The summed E-state index contributed by atoms with van der Waals surface area (Å²) >= 11 is 0. The van der Waals surface area contributed by atoms with Gasteiger partial charge in [-0.3, -0.25) is 9.59 Å². The molecule has 0 spiro atoms. The van der Waals surface area contributed by atoms with Crippen LogP contribution < -0.4 is 11.1 Å². The molecule has 0 aliphatic rings. The third kappa shape index (κ3) is 6.81. The Hall–Kier alpha value is -2.37. The van der Waals surface area contributed by atoms with Crippen LogP contribution in [0.15, 0.2) is 18.2 Å². The summed E-state index contributed by atoms with van der Waals surface area (Å²) in [6.45, 7) is 6.00. The third-order valence-corrected chi connectivity index (χ3v) is 3.83. The van der Waals surface area contributed by atoms with Crippen LogP contribution in [0, 0.1) is 13.8 Å². The van der Waals surface area contributed by atoms with Crippen molar-refractivity contribution >= 4 is 17.8 Å². The summed E-state index contributed by atoms with van der Waals surface area (Å²) in [5.41, 5.74) is 7.64. The van der Waals surface area contributed by atoms with E-state index in [1.807, 2.05) is 26.0 Å². The van der Waals surface area contributed by atoms with Crippen LogP contribution in [0.3, 0.4) is 0 Å². The van der Waals surface area contributed by atoms with E-state index in [0.29, 0.717) is 18.5 Å². The van der Waals surface area contributed by atoms with E-state index in [0.717, 1.165) is 24.0 Å². The number of unbranched alkanes of at least 4 members (excludes halogenated alkanes) is 2.